The van der Waals surface area contributed by atoms with Crippen molar-refractivity contribution in [2.24, 2.45) is 0 Å². The van der Waals surface area contributed by atoms with Gasteiger partial charge in [-0.3, -0.25) is 4.98 Å². The van der Waals surface area contributed by atoms with Gasteiger partial charge < -0.3 is 4.74 Å². The fourth-order valence-corrected chi connectivity index (χ4v) is 3.21. The highest BCUT2D eigenvalue weighted by Gasteiger charge is 2.12. The smallest absolute Gasteiger partial charge is 0.144 e. The summed E-state index contributed by atoms with van der Waals surface area (Å²) in [5, 5.41) is 4.51. The summed E-state index contributed by atoms with van der Waals surface area (Å²) in [7, 11) is 1.67. The Balaban J connectivity index is 1.76. The van der Waals surface area contributed by atoms with Crippen molar-refractivity contribution in [3.8, 4) is 11.4 Å². The Labute approximate surface area is 157 Å². The molecule has 136 valence electrons. The topological polar surface area (TPSA) is 65.7 Å². The number of rotatable bonds is 5. The quantitative estimate of drug-likeness (QED) is 0.544. The maximum absolute atomic E-state index is 5.57. The number of pyridine rings is 1. The van der Waals surface area contributed by atoms with Crippen LogP contribution >= 0.6 is 0 Å². The molecular weight excluding hydrogens is 338 g/mol. The molecule has 0 spiro atoms. The minimum absolute atomic E-state index is 0.656. The molecule has 0 aliphatic heterocycles. The van der Waals surface area contributed by atoms with E-state index in [1.807, 2.05) is 41.9 Å². The molecule has 3 aromatic heterocycles. The maximum atomic E-state index is 5.57. The molecule has 0 amide bonds. The first-order valence-corrected chi connectivity index (χ1v) is 8.97. The number of aromatic nitrogens is 5. The lowest BCUT2D eigenvalue weighted by Gasteiger charge is -2.12. The maximum Gasteiger partial charge on any atom is 0.144 e. The molecule has 3 heterocycles. The first kappa shape index (κ1) is 17.1. The van der Waals surface area contributed by atoms with E-state index in [0.717, 1.165) is 51.7 Å². The number of hydrogen-bond acceptors (Lipinski definition) is 5. The van der Waals surface area contributed by atoms with Crippen LogP contribution in [0, 0.1) is 6.92 Å². The van der Waals surface area contributed by atoms with Crippen molar-refractivity contribution in [2.45, 2.75) is 26.7 Å². The van der Waals surface area contributed by atoms with E-state index in [1.54, 1.807) is 19.5 Å². The molecule has 6 nitrogen and oxygen atoms in total. The Hall–Kier alpha value is -3.28. The van der Waals surface area contributed by atoms with Crippen molar-refractivity contribution in [1.82, 2.24) is 24.7 Å². The third kappa shape index (κ3) is 3.38. The molecule has 1 aromatic carbocycles. The summed E-state index contributed by atoms with van der Waals surface area (Å²) in [6.07, 6.45) is 5.08. The van der Waals surface area contributed by atoms with Gasteiger partial charge >= 0.3 is 0 Å². The van der Waals surface area contributed by atoms with Gasteiger partial charge in [0.25, 0.3) is 0 Å². The molecule has 0 bridgehead atoms. The first-order chi connectivity index (χ1) is 13.2. The Morgan fingerprint density at radius 2 is 2.00 bits per heavy atom. The summed E-state index contributed by atoms with van der Waals surface area (Å²) >= 11 is 0. The molecule has 0 fully saturated rings. The number of hydrogen-bond donors (Lipinski definition) is 0. The number of aryl methyl sites for hydroxylation is 2. The summed E-state index contributed by atoms with van der Waals surface area (Å²) in [4.78, 5) is 13.6. The fraction of sp³-hybridized carbons (Fsp3) is 0.238. The summed E-state index contributed by atoms with van der Waals surface area (Å²) in [5.74, 6) is 1.59. The predicted molar refractivity (Wildman–Crippen MR) is 104 cm³/mol. The third-order valence-corrected chi connectivity index (χ3v) is 4.49. The van der Waals surface area contributed by atoms with Crippen molar-refractivity contribution < 1.29 is 4.74 Å². The van der Waals surface area contributed by atoms with Crippen LogP contribution in [0.4, 0.5) is 0 Å². The van der Waals surface area contributed by atoms with Crippen LogP contribution in [0.15, 0.2) is 48.8 Å². The molecule has 0 atom stereocenters. The second kappa shape index (κ2) is 7.15. The van der Waals surface area contributed by atoms with E-state index in [-0.39, 0.29) is 0 Å². The van der Waals surface area contributed by atoms with Crippen LogP contribution in [0.2, 0.25) is 0 Å². The van der Waals surface area contributed by atoms with Gasteiger partial charge in [-0.1, -0.05) is 13.0 Å². The Bertz CT molecular complexity index is 1100. The van der Waals surface area contributed by atoms with Gasteiger partial charge in [-0.15, -0.1) is 0 Å². The minimum Gasteiger partial charge on any atom is -0.494 e. The zero-order valence-electron chi connectivity index (χ0n) is 15.7. The molecule has 0 saturated carbocycles. The van der Waals surface area contributed by atoms with Gasteiger partial charge in [-0.05, 0) is 49.2 Å². The number of nitrogens with zero attached hydrogens (tertiary/aromatic N) is 5. The van der Waals surface area contributed by atoms with Crippen LogP contribution in [0.1, 0.15) is 29.7 Å². The lowest BCUT2D eigenvalue weighted by molar-refractivity contribution is 0.412. The van der Waals surface area contributed by atoms with Gasteiger partial charge in [0.15, 0.2) is 0 Å². The average Bonchev–Trinajstić information content (AvgIpc) is 3.11. The van der Waals surface area contributed by atoms with Crippen LogP contribution in [0.5, 0.6) is 5.75 Å². The van der Waals surface area contributed by atoms with Crippen molar-refractivity contribution >= 4 is 11.0 Å². The molecule has 4 rings (SSSR count). The third-order valence-electron chi connectivity index (χ3n) is 4.49. The van der Waals surface area contributed by atoms with E-state index in [4.69, 9.17) is 4.74 Å². The minimum atomic E-state index is 0.656. The lowest BCUT2D eigenvalue weighted by atomic mass is 10.1. The van der Waals surface area contributed by atoms with E-state index < -0.39 is 0 Å². The standard InChI is InChI=1S/C21H21N5O/c1-4-16-10-14(2)24-21(25-16)12-15-7-8-20(27-3)19(11-15)26-18-6-5-9-22-17(18)13-23-26/h5-11,13H,4,12H2,1-3H3. The second-order valence-electron chi connectivity index (χ2n) is 6.42. The Kier molecular flexibility index (Phi) is 4.54. The average molecular weight is 359 g/mol. The lowest BCUT2D eigenvalue weighted by Crippen LogP contribution is -2.04. The van der Waals surface area contributed by atoms with E-state index in [9.17, 15) is 0 Å². The molecule has 27 heavy (non-hydrogen) atoms. The number of fused-ring (bicyclic) bond motifs is 1. The molecule has 4 aromatic rings. The highest BCUT2D eigenvalue weighted by molar-refractivity contribution is 5.76. The number of ether oxygens (including phenoxy) is 1. The Morgan fingerprint density at radius 1 is 1.11 bits per heavy atom. The molecule has 6 heteroatoms. The van der Waals surface area contributed by atoms with Gasteiger partial charge in [0.2, 0.25) is 0 Å². The summed E-state index contributed by atoms with van der Waals surface area (Å²) < 4.78 is 7.43. The molecule has 0 aliphatic carbocycles. The van der Waals surface area contributed by atoms with Gasteiger partial charge in [0, 0.05) is 24.0 Å². The van der Waals surface area contributed by atoms with Gasteiger partial charge in [0.05, 0.1) is 18.8 Å². The zero-order chi connectivity index (χ0) is 18.8. The zero-order valence-corrected chi connectivity index (χ0v) is 15.7. The number of benzene rings is 1. The van der Waals surface area contributed by atoms with Gasteiger partial charge in [-0.2, -0.15) is 5.10 Å². The molecule has 0 unspecified atom stereocenters. The Morgan fingerprint density at radius 3 is 2.81 bits per heavy atom. The summed E-state index contributed by atoms with van der Waals surface area (Å²) in [5.41, 5.74) is 5.82. The number of methoxy groups -OCH3 is 1. The van der Waals surface area contributed by atoms with Crippen molar-refractivity contribution in [3.63, 3.8) is 0 Å². The second-order valence-corrected chi connectivity index (χ2v) is 6.42. The molecule has 0 saturated heterocycles. The highest BCUT2D eigenvalue weighted by atomic mass is 16.5. The molecular formula is C21H21N5O. The first-order valence-electron chi connectivity index (χ1n) is 8.97. The van der Waals surface area contributed by atoms with E-state index in [0.29, 0.717) is 6.42 Å². The monoisotopic (exact) mass is 359 g/mol. The van der Waals surface area contributed by atoms with Crippen LogP contribution in [0.25, 0.3) is 16.7 Å². The van der Waals surface area contributed by atoms with Crippen molar-refractivity contribution in [1.29, 1.82) is 0 Å². The van der Waals surface area contributed by atoms with Gasteiger partial charge in [0.1, 0.15) is 22.8 Å². The molecule has 0 aliphatic rings. The largest absolute Gasteiger partial charge is 0.494 e. The van der Waals surface area contributed by atoms with Crippen molar-refractivity contribution in [3.05, 3.63) is 71.6 Å². The van der Waals surface area contributed by atoms with E-state index >= 15 is 0 Å². The summed E-state index contributed by atoms with van der Waals surface area (Å²) in [6.45, 7) is 4.11. The normalized spacial score (nSPS) is 11.1. The predicted octanol–water partition coefficient (Wildman–Crippen LogP) is 3.68. The molecule has 0 radical (unpaired) electrons. The van der Waals surface area contributed by atoms with Crippen LogP contribution in [-0.4, -0.2) is 31.8 Å². The summed E-state index contributed by atoms with van der Waals surface area (Å²) in [6, 6.07) is 12.0. The van der Waals surface area contributed by atoms with Crippen LogP contribution < -0.4 is 4.74 Å². The SMILES string of the molecule is CCc1cc(C)nc(Cc2ccc(OC)c(-n3ncc4ncccc43)c2)n1. The van der Waals surface area contributed by atoms with Crippen LogP contribution in [-0.2, 0) is 12.8 Å². The van der Waals surface area contributed by atoms with Crippen molar-refractivity contribution in [2.75, 3.05) is 7.11 Å². The van der Waals surface area contributed by atoms with E-state index in [1.165, 1.54) is 0 Å². The van der Waals surface area contributed by atoms with Crippen LogP contribution in [0.3, 0.4) is 0 Å². The van der Waals surface area contributed by atoms with E-state index in [2.05, 4.69) is 33.0 Å². The fourth-order valence-electron chi connectivity index (χ4n) is 3.21. The molecule has 0 N–H and O–H groups in total. The van der Waals surface area contributed by atoms with Gasteiger partial charge in [-0.25, -0.2) is 14.6 Å². The highest BCUT2D eigenvalue weighted by Crippen LogP contribution is 2.27.